The van der Waals surface area contributed by atoms with Gasteiger partial charge in [0.25, 0.3) is 0 Å². The van der Waals surface area contributed by atoms with Crippen LogP contribution >= 0.6 is 0 Å². The predicted octanol–water partition coefficient (Wildman–Crippen LogP) is 4.43. The van der Waals surface area contributed by atoms with Crippen molar-refractivity contribution in [1.82, 2.24) is 0 Å². The van der Waals surface area contributed by atoms with Gasteiger partial charge in [-0.05, 0) is 53.9 Å². The van der Waals surface area contributed by atoms with Gasteiger partial charge in [-0.25, -0.2) is 12.8 Å². The Morgan fingerprint density at radius 2 is 1.95 bits per heavy atom. The van der Waals surface area contributed by atoms with Gasteiger partial charge >= 0.3 is 0 Å². The molecule has 1 unspecified atom stereocenters. The van der Waals surface area contributed by atoms with Crippen molar-refractivity contribution < 1.29 is 12.8 Å². The summed E-state index contributed by atoms with van der Waals surface area (Å²) in [6.07, 6.45) is 6.23. The molecule has 0 saturated carbocycles. The first kappa shape index (κ1) is 17.0. The second-order valence-electron chi connectivity index (χ2n) is 7.14. The van der Waals surface area contributed by atoms with Crippen molar-refractivity contribution >= 4 is 21.3 Å². The second-order valence-corrected chi connectivity index (χ2v) is 8.88. The lowest BCUT2D eigenvalue weighted by molar-refractivity contribution is 0.225. The van der Waals surface area contributed by atoms with Crippen LogP contribution in [0.3, 0.4) is 0 Å². The molecule has 0 fully saturated rings. The number of hydrogen-bond donors (Lipinski definition) is 1. The van der Waals surface area contributed by atoms with Crippen molar-refractivity contribution in [2.45, 2.75) is 40.0 Å². The molecule has 1 aromatic carbocycles. The van der Waals surface area contributed by atoms with Crippen molar-refractivity contribution in [1.29, 1.82) is 0 Å². The molecule has 0 saturated heterocycles. The third-order valence-corrected chi connectivity index (χ3v) is 4.86. The smallest absolute Gasteiger partial charge is 0.229 e. The van der Waals surface area contributed by atoms with E-state index in [1.807, 2.05) is 0 Å². The standard InChI is InChI=1S/C17H24FNO2S/c1-17(2,3)14-8-5-12(6-9-14)13-7-10-16(15(18)11-13)19-22(4,20)21/h5,7,10-11,14,19H,6,8-9H2,1-4H3. The summed E-state index contributed by atoms with van der Waals surface area (Å²) in [5.74, 6) is 0.106. The molecule has 0 aliphatic heterocycles. The van der Waals surface area contributed by atoms with Crippen LogP contribution in [0.15, 0.2) is 24.3 Å². The minimum absolute atomic E-state index is 0.00442. The summed E-state index contributed by atoms with van der Waals surface area (Å²) >= 11 is 0. The van der Waals surface area contributed by atoms with Gasteiger partial charge in [0.2, 0.25) is 10.0 Å². The SMILES string of the molecule is CC(C)(C)C1CC=C(c2ccc(NS(C)(=O)=O)c(F)c2)CC1. The van der Waals surface area contributed by atoms with E-state index < -0.39 is 15.8 Å². The molecular formula is C17H24FNO2S. The maximum Gasteiger partial charge on any atom is 0.229 e. The molecule has 0 radical (unpaired) electrons. The number of anilines is 1. The third kappa shape index (κ3) is 4.32. The van der Waals surface area contributed by atoms with Gasteiger partial charge in [0, 0.05) is 0 Å². The summed E-state index contributed by atoms with van der Waals surface area (Å²) in [5, 5.41) is 0. The van der Waals surface area contributed by atoms with Crippen LogP contribution in [0.1, 0.15) is 45.6 Å². The first-order valence-corrected chi connectivity index (χ1v) is 9.42. The van der Waals surface area contributed by atoms with Crippen LogP contribution in [0.5, 0.6) is 0 Å². The van der Waals surface area contributed by atoms with E-state index in [9.17, 15) is 12.8 Å². The highest BCUT2D eigenvalue weighted by atomic mass is 32.2. The number of sulfonamides is 1. The van der Waals surface area contributed by atoms with Gasteiger partial charge in [-0.1, -0.05) is 32.9 Å². The van der Waals surface area contributed by atoms with Crippen molar-refractivity contribution in [3.05, 3.63) is 35.7 Å². The summed E-state index contributed by atoms with van der Waals surface area (Å²) in [6.45, 7) is 6.76. The summed E-state index contributed by atoms with van der Waals surface area (Å²) in [6, 6.07) is 4.68. The van der Waals surface area contributed by atoms with Crippen LogP contribution in [-0.2, 0) is 10.0 Å². The number of hydrogen-bond acceptors (Lipinski definition) is 2. The van der Waals surface area contributed by atoms with Crippen LogP contribution in [0, 0.1) is 17.2 Å². The molecule has 3 nitrogen and oxygen atoms in total. The Morgan fingerprint density at radius 3 is 2.41 bits per heavy atom. The molecule has 0 amide bonds. The molecule has 2 rings (SSSR count). The minimum atomic E-state index is -3.47. The van der Waals surface area contributed by atoms with Gasteiger partial charge < -0.3 is 0 Å². The zero-order valence-corrected chi connectivity index (χ0v) is 14.4. The average molecular weight is 325 g/mol. The average Bonchev–Trinajstić information content (AvgIpc) is 2.39. The number of benzene rings is 1. The molecule has 1 aliphatic rings. The van der Waals surface area contributed by atoms with Crippen LogP contribution < -0.4 is 4.72 Å². The van der Waals surface area contributed by atoms with Crippen molar-refractivity contribution in [2.75, 3.05) is 11.0 Å². The number of nitrogens with one attached hydrogen (secondary N) is 1. The van der Waals surface area contributed by atoms with Gasteiger partial charge in [-0.3, -0.25) is 4.72 Å². The first-order valence-electron chi connectivity index (χ1n) is 7.53. The van der Waals surface area contributed by atoms with E-state index in [0.29, 0.717) is 5.92 Å². The molecule has 0 aromatic heterocycles. The van der Waals surface area contributed by atoms with Crippen LogP contribution in [0.25, 0.3) is 5.57 Å². The van der Waals surface area contributed by atoms with Crippen LogP contribution in [0.2, 0.25) is 0 Å². The van der Waals surface area contributed by atoms with Crippen molar-refractivity contribution in [3.8, 4) is 0 Å². The molecule has 1 aromatic rings. The lowest BCUT2D eigenvalue weighted by atomic mass is 9.72. The van der Waals surface area contributed by atoms with E-state index in [1.165, 1.54) is 12.1 Å². The largest absolute Gasteiger partial charge is 0.281 e. The second kappa shape index (κ2) is 6.03. The highest BCUT2D eigenvalue weighted by Gasteiger charge is 2.26. The van der Waals surface area contributed by atoms with Gasteiger partial charge in [0.1, 0.15) is 5.82 Å². The predicted molar refractivity (Wildman–Crippen MR) is 89.6 cm³/mol. The van der Waals surface area contributed by atoms with E-state index in [0.717, 1.165) is 36.7 Å². The number of allylic oxidation sites excluding steroid dienone is 2. The zero-order valence-electron chi connectivity index (χ0n) is 13.6. The monoisotopic (exact) mass is 325 g/mol. The maximum absolute atomic E-state index is 14.0. The van der Waals surface area contributed by atoms with E-state index in [1.54, 1.807) is 6.07 Å². The molecule has 1 N–H and O–H groups in total. The Kier molecular flexibility index (Phi) is 4.66. The molecule has 22 heavy (non-hydrogen) atoms. The first-order chi connectivity index (χ1) is 10.1. The molecular weight excluding hydrogens is 301 g/mol. The minimum Gasteiger partial charge on any atom is -0.281 e. The van der Waals surface area contributed by atoms with Gasteiger partial charge in [0.05, 0.1) is 11.9 Å². The fourth-order valence-electron chi connectivity index (χ4n) is 2.88. The fraction of sp³-hybridized carbons (Fsp3) is 0.529. The molecule has 0 spiro atoms. The highest BCUT2D eigenvalue weighted by molar-refractivity contribution is 7.92. The van der Waals surface area contributed by atoms with Crippen LogP contribution in [-0.4, -0.2) is 14.7 Å². The normalized spacial score (nSPS) is 19.7. The summed E-state index contributed by atoms with van der Waals surface area (Å²) in [5.41, 5.74) is 2.26. The van der Waals surface area contributed by atoms with Gasteiger partial charge in [-0.2, -0.15) is 0 Å². The number of halogens is 1. The van der Waals surface area contributed by atoms with E-state index >= 15 is 0 Å². The topological polar surface area (TPSA) is 46.2 Å². The molecule has 0 heterocycles. The lowest BCUT2D eigenvalue weighted by Crippen LogP contribution is -2.22. The molecule has 1 aliphatic carbocycles. The zero-order chi connectivity index (χ0) is 16.5. The Bertz CT molecular complexity index is 687. The van der Waals surface area contributed by atoms with Crippen molar-refractivity contribution in [2.24, 2.45) is 11.3 Å². The summed E-state index contributed by atoms with van der Waals surface area (Å²) in [4.78, 5) is 0. The third-order valence-electron chi connectivity index (χ3n) is 4.27. The quantitative estimate of drug-likeness (QED) is 0.894. The molecule has 0 bridgehead atoms. The van der Waals surface area contributed by atoms with Gasteiger partial charge in [-0.15, -0.1) is 0 Å². The number of rotatable bonds is 3. The molecule has 5 heteroatoms. The van der Waals surface area contributed by atoms with Crippen LogP contribution in [0.4, 0.5) is 10.1 Å². The molecule has 1 atom stereocenters. The Balaban J connectivity index is 2.18. The Hall–Kier alpha value is -1.36. The van der Waals surface area contributed by atoms with E-state index in [-0.39, 0.29) is 11.1 Å². The maximum atomic E-state index is 14.0. The molecule has 122 valence electrons. The highest BCUT2D eigenvalue weighted by Crippen LogP contribution is 2.39. The van der Waals surface area contributed by atoms with Gasteiger partial charge in [0.15, 0.2) is 0 Å². The van der Waals surface area contributed by atoms with E-state index in [2.05, 4.69) is 31.6 Å². The Labute approximate surface area is 132 Å². The van der Waals surface area contributed by atoms with E-state index in [4.69, 9.17) is 0 Å². The Morgan fingerprint density at radius 1 is 1.27 bits per heavy atom. The lowest BCUT2D eigenvalue weighted by Gasteiger charge is -2.33. The van der Waals surface area contributed by atoms with Crippen molar-refractivity contribution in [3.63, 3.8) is 0 Å². The summed E-state index contributed by atoms with van der Waals surface area (Å²) < 4.78 is 38.6. The summed E-state index contributed by atoms with van der Waals surface area (Å²) in [7, 11) is -3.47. The fourth-order valence-corrected chi connectivity index (χ4v) is 3.45.